The van der Waals surface area contributed by atoms with Crippen molar-refractivity contribution in [2.45, 2.75) is 0 Å². The minimum absolute atomic E-state index is 0.350. The lowest BCUT2D eigenvalue weighted by Crippen LogP contribution is -2.02. The molecule has 0 saturated carbocycles. The van der Waals surface area contributed by atoms with E-state index in [2.05, 4.69) is 9.44 Å². The van der Waals surface area contributed by atoms with Crippen molar-refractivity contribution in [2.75, 3.05) is 6.26 Å². The van der Waals surface area contributed by atoms with Crippen molar-refractivity contribution in [3.63, 3.8) is 0 Å². The zero-order valence-electron chi connectivity index (χ0n) is 11.3. The van der Waals surface area contributed by atoms with E-state index in [-0.39, 0.29) is 0 Å². The summed E-state index contributed by atoms with van der Waals surface area (Å²) in [6.45, 7) is 0. The lowest BCUT2D eigenvalue weighted by molar-refractivity contribution is -0.103. The van der Waals surface area contributed by atoms with Crippen molar-refractivity contribution >= 4 is 27.7 Å². The highest BCUT2D eigenvalue weighted by Crippen LogP contribution is 2.20. The van der Waals surface area contributed by atoms with Crippen molar-refractivity contribution in [3.05, 3.63) is 65.8 Å². The molecule has 0 atom stereocenters. The number of aldehydes is 1. The maximum atomic E-state index is 11.3. The van der Waals surface area contributed by atoms with Gasteiger partial charge in [-0.3, -0.25) is 9.08 Å². The summed E-state index contributed by atoms with van der Waals surface area (Å²) in [5.74, 6) is 0. The zero-order chi connectivity index (χ0) is 15.3. The molecule has 0 unspecified atom stereocenters. The van der Waals surface area contributed by atoms with Crippen molar-refractivity contribution < 1.29 is 17.5 Å². The zero-order valence-corrected chi connectivity index (χ0v) is 12.1. The number of nitrogens with zero attached hydrogens (tertiary/aromatic N) is 1. The highest BCUT2D eigenvalue weighted by molar-refractivity contribution is 7.85. The van der Waals surface area contributed by atoms with E-state index in [0.29, 0.717) is 11.3 Å². The van der Waals surface area contributed by atoms with Gasteiger partial charge in [0.2, 0.25) is 0 Å². The average molecular weight is 303 g/mol. The summed E-state index contributed by atoms with van der Waals surface area (Å²) in [6.07, 6.45) is 8.22. The number of rotatable bonds is 4. The van der Waals surface area contributed by atoms with Crippen LogP contribution in [-0.4, -0.2) is 26.7 Å². The summed E-state index contributed by atoms with van der Waals surface area (Å²) < 4.78 is 26.0. The highest BCUT2D eigenvalue weighted by atomic mass is 32.2. The average Bonchev–Trinajstić information content (AvgIpc) is 2.47. The van der Waals surface area contributed by atoms with E-state index in [9.17, 15) is 13.2 Å². The molecule has 1 aromatic rings. The monoisotopic (exact) mass is 303 g/mol. The number of benzene rings is 1. The summed E-state index contributed by atoms with van der Waals surface area (Å²) in [7, 11) is -3.62. The Bertz CT molecular complexity index is 738. The van der Waals surface area contributed by atoms with Gasteiger partial charge in [-0.2, -0.15) is 8.42 Å². The van der Waals surface area contributed by atoms with Gasteiger partial charge in [0, 0.05) is 5.57 Å². The van der Waals surface area contributed by atoms with Gasteiger partial charge in [0.05, 0.1) is 6.26 Å². The Kier molecular flexibility index (Phi) is 4.49. The molecule has 0 aliphatic heterocycles. The van der Waals surface area contributed by atoms with Crippen molar-refractivity contribution in [2.24, 2.45) is 5.16 Å². The van der Waals surface area contributed by atoms with E-state index in [0.717, 1.165) is 23.7 Å². The van der Waals surface area contributed by atoms with E-state index in [1.807, 2.05) is 30.3 Å². The van der Waals surface area contributed by atoms with E-state index in [1.165, 1.54) is 0 Å². The van der Waals surface area contributed by atoms with Crippen LogP contribution in [0.5, 0.6) is 0 Å². The van der Waals surface area contributed by atoms with E-state index < -0.39 is 10.1 Å². The van der Waals surface area contributed by atoms with Crippen LogP contribution in [0.4, 0.5) is 0 Å². The van der Waals surface area contributed by atoms with Gasteiger partial charge >= 0.3 is 10.1 Å². The lowest BCUT2D eigenvalue weighted by Gasteiger charge is -2.07. The third kappa shape index (κ3) is 4.25. The molecule has 1 aliphatic rings. The van der Waals surface area contributed by atoms with Crippen LogP contribution in [0.15, 0.2) is 65.4 Å². The maximum Gasteiger partial charge on any atom is 0.325 e. The topological polar surface area (TPSA) is 72.8 Å². The molecular formula is C15H13NO4S. The summed E-state index contributed by atoms with van der Waals surface area (Å²) in [5.41, 5.74) is 2.42. The molecule has 0 N–H and O–H groups in total. The number of carbonyl (C=O) groups excluding carboxylic acids is 1. The molecule has 5 nitrogen and oxygen atoms in total. The number of allylic oxidation sites excluding steroid dienone is 6. The number of carbonyl (C=O) groups is 1. The molecule has 0 amide bonds. The first kappa shape index (κ1) is 14.9. The Labute approximate surface area is 123 Å². The third-order valence-electron chi connectivity index (χ3n) is 2.66. The molecule has 0 radical (unpaired) electrons. The molecule has 0 heterocycles. The predicted molar refractivity (Wildman–Crippen MR) is 81.1 cm³/mol. The van der Waals surface area contributed by atoms with Crippen LogP contribution in [0.25, 0.3) is 5.57 Å². The third-order valence-corrected chi connectivity index (χ3v) is 3.00. The molecule has 0 bridgehead atoms. The molecule has 6 heteroatoms. The molecular weight excluding hydrogens is 290 g/mol. The van der Waals surface area contributed by atoms with Gasteiger partial charge < -0.3 is 0 Å². The SMILES string of the molecule is CS(=O)(=O)ON=C1C=CC(=C(C=O)c2ccccc2)C=C1. The molecule has 1 aliphatic carbocycles. The van der Waals surface area contributed by atoms with Crippen molar-refractivity contribution in [3.8, 4) is 0 Å². The Morgan fingerprint density at radius 3 is 2.24 bits per heavy atom. The van der Waals surface area contributed by atoms with Crippen LogP contribution >= 0.6 is 0 Å². The molecule has 0 saturated heterocycles. The Hall–Kier alpha value is -2.47. The van der Waals surface area contributed by atoms with Crippen molar-refractivity contribution in [1.29, 1.82) is 0 Å². The normalized spacial score (nSPS) is 14.0. The minimum atomic E-state index is -3.62. The van der Waals surface area contributed by atoms with Gasteiger partial charge in [-0.05, 0) is 23.3 Å². The molecule has 21 heavy (non-hydrogen) atoms. The van der Waals surface area contributed by atoms with Gasteiger partial charge in [0.15, 0.2) is 6.29 Å². The van der Waals surface area contributed by atoms with Gasteiger partial charge in [0.1, 0.15) is 5.71 Å². The second kappa shape index (κ2) is 6.32. The predicted octanol–water partition coefficient (Wildman–Crippen LogP) is 2.10. The smallest absolute Gasteiger partial charge is 0.298 e. The van der Waals surface area contributed by atoms with Gasteiger partial charge in [-0.1, -0.05) is 47.6 Å². The fraction of sp³-hybridized carbons (Fsp3) is 0.0667. The quantitative estimate of drug-likeness (QED) is 0.485. The first-order valence-corrected chi connectivity index (χ1v) is 7.89. The van der Waals surface area contributed by atoms with Gasteiger partial charge in [-0.15, -0.1) is 0 Å². The van der Waals surface area contributed by atoms with Crippen LogP contribution < -0.4 is 0 Å². The van der Waals surface area contributed by atoms with Crippen LogP contribution in [0.3, 0.4) is 0 Å². The second-order valence-corrected chi connectivity index (χ2v) is 5.87. The van der Waals surface area contributed by atoms with E-state index in [4.69, 9.17) is 0 Å². The van der Waals surface area contributed by atoms with E-state index >= 15 is 0 Å². The fourth-order valence-corrected chi connectivity index (χ4v) is 1.95. The summed E-state index contributed by atoms with van der Waals surface area (Å²) in [4.78, 5) is 11.3. The Morgan fingerprint density at radius 2 is 1.71 bits per heavy atom. The number of hydrogen-bond donors (Lipinski definition) is 0. The van der Waals surface area contributed by atoms with Crippen molar-refractivity contribution in [1.82, 2.24) is 0 Å². The lowest BCUT2D eigenvalue weighted by atomic mass is 9.97. The van der Waals surface area contributed by atoms with Gasteiger partial charge in [-0.25, -0.2) is 0 Å². The maximum absolute atomic E-state index is 11.3. The highest BCUT2D eigenvalue weighted by Gasteiger charge is 2.08. The molecule has 1 aromatic carbocycles. The summed E-state index contributed by atoms with van der Waals surface area (Å²) in [5, 5.41) is 3.49. The molecule has 2 rings (SSSR count). The van der Waals surface area contributed by atoms with Gasteiger partial charge in [0.25, 0.3) is 0 Å². The van der Waals surface area contributed by atoms with E-state index in [1.54, 1.807) is 24.3 Å². The van der Waals surface area contributed by atoms with Crippen LogP contribution in [0, 0.1) is 0 Å². The second-order valence-electron chi connectivity index (χ2n) is 4.31. The first-order valence-electron chi connectivity index (χ1n) is 6.07. The number of hydrogen-bond acceptors (Lipinski definition) is 5. The molecule has 108 valence electrons. The fourth-order valence-electron chi connectivity index (χ4n) is 1.73. The molecule has 0 aromatic heterocycles. The van der Waals surface area contributed by atoms with Crippen LogP contribution in [-0.2, 0) is 19.2 Å². The van der Waals surface area contributed by atoms with Crippen LogP contribution in [0.2, 0.25) is 0 Å². The molecule has 0 fully saturated rings. The summed E-state index contributed by atoms with van der Waals surface area (Å²) >= 11 is 0. The number of oxime groups is 1. The minimum Gasteiger partial charge on any atom is -0.298 e. The standard InChI is InChI=1S/C15H13NO4S/c1-21(18,19)20-16-14-9-7-13(8-10-14)15(11-17)12-5-3-2-4-6-12/h2-11H,1H3. The largest absolute Gasteiger partial charge is 0.325 e. The Balaban J connectivity index is 2.27. The Morgan fingerprint density at radius 1 is 1.10 bits per heavy atom. The van der Waals surface area contributed by atoms with Crippen LogP contribution in [0.1, 0.15) is 5.56 Å². The molecule has 0 spiro atoms. The first-order chi connectivity index (χ1) is 9.99. The summed E-state index contributed by atoms with van der Waals surface area (Å²) in [6, 6.07) is 9.25.